The van der Waals surface area contributed by atoms with E-state index in [2.05, 4.69) is 4.98 Å². The monoisotopic (exact) mass is 227 g/mol. The van der Waals surface area contributed by atoms with Gasteiger partial charge < -0.3 is 10.1 Å². The topological polar surface area (TPSA) is 53.1 Å². The highest BCUT2D eigenvalue weighted by Gasteiger charge is 2.21. The molecule has 1 heterocycles. The number of aromatic hydroxyl groups is 1. The number of nitrogens with one attached hydrogen (secondary N) is 1. The maximum absolute atomic E-state index is 12.0. The van der Waals surface area contributed by atoms with E-state index >= 15 is 0 Å². The molecule has 17 heavy (non-hydrogen) atoms. The van der Waals surface area contributed by atoms with Crippen molar-refractivity contribution in [1.29, 1.82) is 0 Å². The first-order valence-corrected chi connectivity index (χ1v) is 5.80. The molecule has 1 aliphatic carbocycles. The van der Waals surface area contributed by atoms with E-state index in [0.29, 0.717) is 5.56 Å². The SMILES string of the molecule is O=c1[nH]c2c(c(O)c1-c1ccccc1)CCC2. The molecule has 0 aliphatic heterocycles. The molecule has 0 bridgehead atoms. The Morgan fingerprint density at radius 3 is 2.65 bits per heavy atom. The van der Waals surface area contributed by atoms with Crippen LogP contribution in [0.25, 0.3) is 11.1 Å². The van der Waals surface area contributed by atoms with Gasteiger partial charge in [0.15, 0.2) is 0 Å². The first-order chi connectivity index (χ1) is 8.27. The molecule has 0 radical (unpaired) electrons. The highest BCUT2D eigenvalue weighted by atomic mass is 16.3. The van der Waals surface area contributed by atoms with Crippen molar-refractivity contribution in [1.82, 2.24) is 4.98 Å². The average molecular weight is 227 g/mol. The first kappa shape index (κ1) is 10.1. The zero-order valence-corrected chi connectivity index (χ0v) is 9.36. The molecule has 3 nitrogen and oxygen atoms in total. The predicted molar refractivity (Wildman–Crippen MR) is 66.2 cm³/mol. The quantitative estimate of drug-likeness (QED) is 0.785. The number of benzene rings is 1. The molecule has 2 N–H and O–H groups in total. The van der Waals surface area contributed by atoms with Crippen molar-refractivity contribution in [3.63, 3.8) is 0 Å². The number of H-pyrrole nitrogens is 1. The molecule has 1 aromatic carbocycles. The largest absolute Gasteiger partial charge is 0.507 e. The number of hydrogen-bond donors (Lipinski definition) is 2. The zero-order valence-electron chi connectivity index (χ0n) is 9.36. The summed E-state index contributed by atoms with van der Waals surface area (Å²) in [4.78, 5) is 14.9. The maximum Gasteiger partial charge on any atom is 0.259 e. The number of aromatic nitrogens is 1. The third-order valence-corrected chi connectivity index (χ3v) is 3.29. The number of pyridine rings is 1. The van der Waals surface area contributed by atoms with E-state index < -0.39 is 0 Å². The van der Waals surface area contributed by atoms with Crippen LogP contribution in [0.5, 0.6) is 5.75 Å². The fraction of sp³-hybridized carbons (Fsp3) is 0.214. The third-order valence-electron chi connectivity index (χ3n) is 3.29. The van der Waals surface area contributed by atoms with Crippen LogP contribution in [0, 0.1) is 0 Å². The van der Waals surface area contributed by atoms with Gasteiger partial charge in [-0.05, 0) is 24.8 Å². The summed E-state index contributed by atoms with van der Waals surface area (Å²) in [6.07, 6.45) is 2.70. The fourth-order valence-corrected chi connectivity index (χ4v) is 2.47. The lowest BCUT2D eigenvalue weighted by atomic mass is 10.0. The third kappa shape index (κ3) is 1.55. The molecule has 0 saturated carbocycles. The van der Waals surface area contributed by atoms with Crippen LogP contribution >= 0.6 is 0 Å². The second-order valence-corrected chi connectivity index (χ2v) is 4.35. The molecular weight excluding hydrogens is 214 g/mol. The van der Waals surface area contributed by atoms with Gasteiger partial charge in [0.2, 0.25) is 0 Å². The lowest BCUT2D eigenvalue weighted by Crippen LogP contribution is -2.12. The molecule has 0 saturated heterocycles. The predicted octanol–water partition coefficient (Wildman–Crippen LogP) is 2.24. The Kier molecular flexibility index (Phi) is 2.25. The minimum absolute atomic E-state index is 0.160. The van der Waals surface area contributed by atoms with Crippen LogP contribution in [0.3, 0.4) is 0 Å². The Morgan fingerprint density at radius 2 is 1.88 bits per heavy atom. The second-order valence-electron chi connectivity index (χ2n) is 4.35. The Hall–Kier alpha value is -2.03. The maximum atomic E-state index is 12.0. The molecule has 86 valence electrons. The molecule has 0 fully saturated rings. The van der Waals surface area contributed by atoms with Crippen LogP contribution in [-0.2, 0) is 12.8 Å². The normalized spacial score (nSPS) is 13.6. The van der Waals surface area contributed by atoms with Gasteiger partial charge in [-0.3, -0.25) is 4.79 Å². The molecule has 0 amide bonds. The summed E-state index contributed by atoms with van der Waals surface area (Å²) in [6, 6.07) is 9.29. The van der Waals surface area contributed by atoms with Gasteiger partial charge in [-0.1, -0.05) is 30.3 Å². The number of fused-ring (bicyclic) bond motifs is 1. The summed E-state index contributed by atoms with van der Waals surface area (Å²) in [5, 5.41) is 10.2. The highest BCUT2D eigenvalue weighted by Crippen LogP contribution is 2.34. The van der Waals surface area contributed by atoms with Crippen LogP contribution in [0.2, 0.25) is 0 Å². The Morgan fingerprint density at radius 1 is 1.12 bits per heavy atom. The Balaban J connectivity index is 2.28. The number of aryl methyl sites for hydroxylation is 1. The van der Waals surface area contributed by atoms with E-state index in [-0.39, 0.29) is 11.3 Å². The highest BCUT2D eigenvalue weighted by molar-refractivity contribution is 5.71. The van der Waals surface area contributed by atoms with Crippen molar-refractivity contribution in [2.75, 3.05) is 0 Å². The number of rotatable bonds is 1. The smallest absolute Gasteiger partial charge is 0.259 e. The summed E-state index contributed by atoms with van der Waals surface area (Å²) in [6.45, 7) is 0. The molecule has 0 atom stereocenters. The van der Waals surface area contributed by atoms with Crippen LogP contribution in [-0.4, -0.2) is 10.1 Å². The Bertz CT molecular complexity index is 614. The van der Waals surface area contributed by atoms with Gasteiger partial charge in [-0.2, -0.15) is 0 Å². The number of aromatic amines is 1. The van der Waals surface area contributed by atoms with E-state index in [9.17, 15) is 9.90 Å². The molecule has 2 aromatic rings. The minimum atomic E-state index is -0.200. The second kappa shape index (κ2) is 3.77. The van der Waals surface area contributed by atoms with Crippen LogP contribution in [0.4, 0.5) is 0 Å². The van der Waals surface area contributed by atoms with Gasteiger partial charge in [-0.25, -0.2) is 0 Å². The molecule has 3 heteroatoms. The standard InChI is InChI=1S/C14H13NO2/c16-13-10-7-4-8-11(10)15-14(17)12(13)9-5-2-1-3-6-9/h1-3,5-6H,4,7-8H2,(H2,15,16,17). The molecule has 1 aliphatic rings. The van der Waals surface area contributed by atoms with Crippen molar-refractivity contribution in [2.45, 2.75) is 19.3 Å². The van der Waals surface area contributed by atoms with E-state index in [1.54, 1.807) is 0 Å². The van der Waals surface area contributed by atoms with Crippen molar-refractivity contribution in [3.05, 3.63) is 51.9 Å². The minimum Gasteiger partial charge on any atom is -0.507 e. The van der Waals surface area contributed by atoms with Crippen LogP contribution in [0.15, 0.2) is 35.1 Å². The molecular formula is C14H13NO2. The van der Waals surface area contributed by atoms with Gasteiger partial charge in [0.05, 0.1) is 5.56 Å². The fourth-order valence-electron chi connectivity index (χ4n) is 2.47. The Labute approximate surface area is 98.8 Å². The van der Waals surface area contributed by atoms with Gasteiger partial charge >= 0.3 is 0 Å². The van der Waals surface area contributed by atoms with Crippen molar-refractivity contribution in [2.24, 2.45) is 0 Å². The lowest BCUT2D eigenvalue weighted by Gasteiger charge is -2.08. The van der Waals surface area contributed by atoms with E-state index in [0.717, 1.165) is 36.1 Å². The van der Waals surface area contributed by atoms with Crippen molar-refractivity contribution in [3.8, 4) is 16.9 Å². The molecule has 0 spiro atoms. The molecule has 3 rings (SSSR count). The zero-order chi connectivity index (χ0) is 11.8. The lowest BCUT2D eigenvalue weighted by molar-refractivity contribution is 0.469. The number of hydrogen-bond acceptors (Lipinski definition) is 2. The summed E-state index contributed by atoms with van der Waals surface area (Å²) in [5.74, 6) is 0.160. The summed E-state index contributed by atoms with van der Waals surface area (Å²) >= 11 is 0. The summed E-state index contributed by atoms with van der Waals surface area (Å²) < 4.78 is 0. The van der Waals surface area contributed by atoms with E-state index in [4.69, 9.17) is 0 Å². The van der Waals surface area contributed by atoms with Gasteiger partial charge in [-0.15, -0.1) is 0 Å². The average Bonchev–Trinajstić information content (AvgIpc) is 2.78. The molecule has 0 unspecified atom stereocenters. The molecule has 1 aromatic heterocycles. The van der Waals surface area contributed by atoms with Crippen molar-refractivity contribution >= 4 is 0 Å². The van der Waals surface area contributed by atoms with Crippen LogP contribution in [0.1, 0.15) is 17.7 Å². The summed E-state index contributed by atoms with van der Waals surface area (Å²) in [5.41, 5.74) is 2.76. The van der Waals surface area contributed by atoms with Gasteiger partial charge in [0, 0.05) is 11.3 Å². The summed E-state index contributed by atoms with van der Waals surface area (Å²) in [7, 11) is 0. The van der Waals surface area contributed by atoms with Crippen LogP contribution < -0.4 is 5.56 Å². The van der Waals surface area contributed by atoms with Gasteiger partial charge in [0.25, 0.3) is 5.56 Å². The van der Waals surface area contributed by atoms with E-state index in [1.165, 1.54) is 0 Å². The van der Waals surface area contributed by atoms with Gasteiger partial charge in [0.1, 0.15) is 5.75 Å². The van der Waals surface area contributed by atoms with E-state index in [1.807, 2.05) is 30.3 Å². The van der Waals surface area contributed by atoms with Crippen molar-refractivity contribution < 1.29 is 5.11 Å². The first-order valence-electron chi connectivity index (χ1n) is 5.80.